The van der Waals surface area contributed by atoms with E-state index in [0.29, 0.717) is 13.1 Å². The molecule has 0 spiro atoms. The molecule has 0 fully saturated rings. The van der Waals surface area contributed by atoms with Crippen molar-refractivity contribution in [1.82, 2.24) is 9.62 Å². The number of methoxy groups -OCH3 is 1. The highest BCUT2D eigenvalue weighted by atomic mass is 79.9. The Bertz CT molecular complexity index is 539. The average molecular weight is 430 g/mol. The molecule has 114 valence electrons. The Morgan fingerprint density at radius 1 is 1.25 bits per heavy atom. The predicted octanol–water partition coefficient (Wildman–Crippen LogP) is 2.20. The van der Waals surface area contributed by atoms with Crippen LogP contribution in [0.15, 0.2) is 21.1 Å². The molecule has 1 N–H and O–H groups in total. The third kappa shape index (κ3) is 5.00. The Labute approximate surface area is 137 Å². The second kappa shape index (κ2) is 7.74. The van der Waals surface area contributed by atoms with Crippen LogP contribution in [0.3, 0.4) is 0 Å². The van der Waals surface area contributed by atoms with E-state index in [4.69, 9.17) is 4.74 Å². The number of hydrogen-bond donors (Lipinski definition) is 1. The van der Waals surface area contributed by atoms with Gasteiger partial charge in [0.05, 0.1) is 21.8 Å². The van der Waals surface area contributed by atoms with Gasteiger partial charge in [0.1, 0.15) is 5.75 Å². The van der Waals surface area contributed by atoms with E-state index in [1.165, 1.54) is 18.4 Å². The van der Waals surface area contributed by atoms with Gasteiger partial charge in [-0.05, 0) is 49.6 Å². The molecule has 0 bridgehead atoms. The molecule has 0 saturated carbocycles. The largest absolute Gasteiger partial charge is 0.494 e. The Balaban J connectivity index is 2.56. The van der Waals surface area contributed by atoms with Crippen LogP contribution in [-0.2, 0) is 16.6 Å². The van der Waals surface area contributed by atoms with E-state index in [2.05, 4.69) is 37.2 Å². The monoisotopic (exact) mass is 428 g/mol. The van der Waals surface area contributed by atoms with Gasteiger partial charge in [0.15, 0.2) is 0 Å². The molecule has 8 heteroatoms. The third-order valence-corrected chi connectivity index (χ3v) is 5.70. The van der Waals surface area contributed by atoms with Gasteiger partial charge in [-0.25, -0.2) is 12.7 Å². The lowest BCUT2D eigenvalue weighted by Crippen LogP contribution is -2.31. The fourth-order valence-electron chi connectivity index (χ4n) is 1.53. The van der Waals surface area contributed by atoms with Gasteiger partial charge in [-0.1, -0.05) is 0 Å². The first-order valence-electron chi connectivity index (χ1n) is 5.90. The first-order chi connectivity index (χ1) is 9.27. The summed E-state index contributed by atoms with van der Waals surface area (Å²) in [5.41, 5.74) is 1.03. The van der Waals surface area contributed by atoms with Gasteiger partial charge < -0.3 is 10.1 Å². The Morgan fingerprint density at radius 3 is 2.25 bits per heavy atom. The lowest BCUT2D eigenvalue weighted by molar-refractivity contribution is 0.409. The summed E-state index contributed by atoms with van der Waals surface area (Å²) >= 11 is 6.87. The van der Waals surface area contributed by atoms with E-state index in [1.54, 1.807) is 7.11 Å². The highest BCUT2D eigenvalue weighted by Crippen LogP contribution is 2.34. The van der Waals surface area contributed by atoms with E-state index in [-0.39, 0.29) is 5.75 Å². The lowest BCUT2D eigenvalue weighted by atomic mass is 10.2. The second-order valence-electron chi connectivity index (χ2n) is 4.37. The molecule has 0 heterocycles. The van der Waals surface area contributed by atoms with Crippen molar-refractivity contribution in [3.05, 3.63) is 26.6 Å². The van der Waals surface area contributed by atoms with Crippen LogP contribution in [0, 0.1) is 0 Å². The molecule has 1 aromatic carbocycles. The summed E-state index contributed by atoms with van der Waals surface area (Å²) in [5, 5.41) is 3.12. The Morgan fingerprint density at radius 2 is 1.80 bits per heavy atom. The maximum absolute atomic E-state index is 11.6. The van der Waals surface area contributed by atoms with Gasteiger partial charge in [-0.2, -0.15) is 0 Å². The summed E-state index contributed by atoms with van der Waals surface area (Å²) in [4.78, 5) is 0. The summed E-state index contributed by atoms with van der Waals surface area (Å²) in [6.07, 6.45) is 0. The van der Waals surface area contributed by atoms with E-state index >= 15 is 0 Å². The molecule has 0 aliphatic carbocycles. The zero-order valence-corrected chi connectivity index (χ0v) is 15.6. The van der Waals surface area contributed by atoms with Crippen molar-refractivity contribution >= 4 is 41.9 Å². The van der Waals surface area contributed by atoms with Crippen molar-refractivity contribution in [2.75, 3.05) is 33.5 Å². The van der Waals surface area contributed by atoms with Crippen molar-refractivity contribution in [3.8, 4) is 5.75 Å². The molecule has 0 aliphatic heterocycles. The fourth-order valence-corrected chi connectivity index (χ4v) is 3.90. The summed E-state index contributed by atoms with van der Waals surface area (Å²) < 4.78 is 31.3. The Kier molecular flexibility index (Phi) is 6.93. The minimum Gasteiger partial charge on any atom is -0.494 e. The number of rotatable bonds is 7. The number of sulfonamides is 1. The zero-order chi connectivity index (χ0) is 15.3. The number of benzene rings is 1. The predicted molar refractivity (Wildman–Crippen MR) is 87.6 cm³/mol. The van der Waals surface area contributed by atoms with E-state index in [9.17, 15) is 8.42 Å². The first-order valence-corrected chi connectivity index (χ1v) is 9.10. The van der Waals surface area contributed by atoms with Gasteiger partial charge in [-0.3, -0.25) is 0 Å². The SMILES string of the molecule is COc1c(Br)cc(CNCCS(=O)(=O)N(C)C)cc1Br. The molecular weight excluding hydrogens is 412 g/mol. The van der Waals surface area contributed by atoms with Gasteiger partial charge in [-0.15, -0.1) is 0 Å². The standard InChI is InChI=1S/C12H18Br2N2O3S/c1-16(2)20(17,18)5-4-15-8-9-6-10(13)12(19-3)11(14)7-9/h6-7,15H,4-5,8H2,1-3H3. The molecule has 1 aromatic rings. The molecule has 20 heavy (non-hydrogen) atoms. The van der Waals surface area contributed by atoms with Crippen LogP contribution in [-0.4, -0.2) is 46.2 Å². The lowest BCUT2D eigenvalue weighted by Gasteiger charge is -2.12. The molecule has 0 aromatic heterocycles. The van der Waals surface area contributed by atoms with E-state index < -0.39 is 10.0 Å². The van der Waals surface area contributed by atoms with Crippen LogP contribution in [0.25, 0.3) is 0 Å². The molecular formula is C12H18Br2N2O3S. The highest BCUT2D eigenvalue weighted by molar-refractivity contribution is 9.11. The second-order valence-corrected chi connectivity index (χ2v) is 8.38. The van der Waals surface area contributed by atoms with Gasteiger partial charge in [0.2, 0.25) is 10.0 Å². The maximum Gasteiger partial charge on any atom is 0.214 e. The van der Waals surface area contributed by atoms with Crippen LogP contribution in [0.2, 0.25) is 0 Å². The fraction of sp³-hybridized carbons (Fsp3) is 0.500. The molecule has 0 atom stereocenters. The normalized spacial score (nSPS) is 11.9. The van der Waals surface area contributed by atoms with Crippen LogP contribution < -0.4 is 10.1 Å². The maximum atomic E-state index is 11.6. The van der Waals surface area contributed by atoms with Crippen LogP contribution in [0.4, 0.5) is 0 Å². The van der Waals surface area contributed by atoms with Gasteiger partial charge in [0, 0.05) is 27.2 Å². The van der Waals surface area contributed by atoms with Gasteiger partial charge in [0.25, 0.3) is 0 Å². The summed E-state index contributed by atoms with van der Waals surface area (Å²) in [5.74, 6) is 0.822. The molecule has 0 saturated heterocycles. The number of nitrogens with zero attached hydrogens (tertiary/aromatic N) is 1. The molecule has 0 amide bonds. The number of ether oxygens (including phenoxy) is 1. The van der Waals surface area contributed by atoms with Crippen LogP contribution in [0.1, 0.15) is 5.56 Å². The molecule has 1 rings (SSSR count). The van der Waals surface area contributed by atoms with Crippen molar-refractivity contribution in [2.45, 2.75) is 6.54 Å². The highest BCUT2D eigenvalue weighted by Gasteiger charge is 2.12. The minimum atomic E-state index is -3.15. The number of nitrogens with one attached hydrogen (secondary N) is 1. The van der Waals surface area contributed by atoms with Crippen LogP contribution in [0.5, 0.6) is 5.75 Å². The minimum absolute atomic E-state index is 0.0818. The summed E-state index contributed by atoms with van der Waals surface area (Å²) in [6, 6.07) is 3.88. The van der Waals surface area contributed by atoms with Crippen molar-refractivity contribution in [3.63, 3.8) is 0 Å². The summed E-state index contributed by atoms with van der Waals surface area (Å²) in [6.45, 7) is 0.992. The van der Waals surface area contributed by atoms with Gasteiger partial charge >= 0.3 is 0 Å². The average Bonchev–Trinajstić information content (AvgIpc) is 2.34. The molecule has 0 aliphatic rings. The topological polar surface area (TPSA) is 58.6 Å². The third-order valence-electron chi connectivity index (χ3n) is 2.68. The van der Waals surface area contributed by atoms with Crippen molar-refractivity contribution in [1.29, 1.82) is 0 Å². The molecule has 0 unspecified atom stereocenters. The first kappa shape index (κ1) is 17.9. The smallest absolute Gasteiger partial charge is 0.214 e. The van der Waals surface area contributed by atoms with E-state index in [1.807, 2.05) is 12.1 Å². The zero-order valence-electron chi connectivity index (χ0n) is 11.6. The quantitative estimate of drug-likeness (QED) is 0.675. The summed E-state index contributed by atoms with van der Waals surface area (Å²) in [7, 11) is 1.53. The van der Waals surface area contributed by atoms with Crippen molar-refractivity contribution in [2.24, 2.45) is 0 Å². The van der Waals surface area contributed by atoms with Crippen molar-refractivity contribution < 1.29 is 13.2 Å². The number of hydrogen-bond acceptors (Lipinski definition) is 4. The molecule has 5 nitrogen and oxygen atoms in total. The molecule has 0 radical (unpaired) electrons. The van der Waals surface area contributed by atoms with E-state index in [0.717, 1.165) is 20.3 Å². The van der Waals surface area contributed by atoms with Crippen LogP contribution >= 0.6 is 31.9 Å². The number of halogens is 2. The Hall–Kier alpha value is -0.150.